The van der Waals surface area contributed by atoms with Gasteiger partial charge >= 0.3 is 0 Å². The SMILES string of the molecule is COc1ccccc1C(CNC(=O)C1(N)CCOCC1)N(C)C. The Balaban J connectivity index is 2.07. The summed E-state index contributed by atoms with van der Waals surface area (Å²) in [5, 5.41) is 3.01. The van der Waals surface area contributed by atoms with Gasteiger partial charge in [0.1, 0.15) is 5.75 Å². The van der Waals surface area contributed by atoms with Crippen LogP contribution in [0.1, 0.15) is 24.4 Å². The Hall–Kier alpha value is -1.63. The largest absolute Gasteiger partial charge is 0.496 e. The maximum Gasteiger partial charge on any atom is 0.240 e. The molecule has 3 N–H and O–H groups in total. The second kappa shape index (κ2) is 7.77. The van der Waals surface area contributed by atoms with Gasteiger partial charge in [-0.1, -0.05) is 18.2 Å². The number of rotatable bonds is 6. The van der Waals surface area contributed by atoms with E-state index in [1.165, 1.54) is 0 Å². The number of hydrogen-bond donors (Lipinski definition) is 2. The molecule has 1 atom stereocenters. The predicted octanol–water partition coefficient (Wildman–Crippen LogP) is 0.922. The molecule has 0 spiro atoms. The van der Waals surface area contributed by atoms with Gasteiger partial charge in [-0.25, -0.2) is 0 Å². The molecule has 1 heterocycles. The summed E-state index contributed by atoms with van der Waals surface area (Å²) in [5.74, 6) is 0.705. The zero-order valence-corrected chi connectivity index (χ0v) is 14.2. The number of nitrogens with one attached hydrogen (secondary N) is 1. The number of amides is 1. The number of methoxy groups -OCH3 is 1. The molecule has 1 aromatic rings. The van der Waals surface area contributed by atoms with Gasteiger partial charge in [-0.05, 0) is 33.0 Å². The third-order valence-corrected chi connectivity index (χ3v) is 4.41. The quantitative estimate of drug-likeness (QED) is 0.815. The number of carbonyl (C=O) groups is 1. The van der Waals surface area contributed by atoms with E-state index < -0.39 is 5.54 Å². The van der Waals surface area contributed by atoms with E-state index in [1.54, 1.807) is 7.11 Å². The van der Waals surface area contributed by atoms with Crippen LogP contribution in [-0.2, 0) is 9.53 Å². The molecule has 6 nitrogen and oxygen atoms in total. The lowest BCUT2D eigenvalue weighted by atomic mass is 9.90. The van der Waals surface area contributed by atoms with Gasteiger partial charge in [-0.15, -0.1) is 0 Å². The third-order valence-electron chi connectivity index (χ3n) is 4.41. The Labute approximate surface area is 137 Å². The number of nitrogens with zero attached hydrogens (tertiary/aromatic N) is 1. The highest BCUT2D eigenvalue weighted by Gasteiger charge is 2.36. The Morgan fingerprint density at radius 3 is 2.65 bits per heavy atom. The molecule has 0 aromatic heterocycles. The fraction of sp³-hybridized carbons (Fsp3) is 0.588. The fourth-order valence-electron chi connectivity index (χ4n) is 2.84. The summed E-state index contributed by atoms with van der Waals surface area (Å²) < 4.78 is 10.7. The minimum atomic E-state index is -0.824. The minimum absolute atomic E-state index is 0.0125. The van der Waals surface area contributed by atoms with Crippen LogP contribution in [0.5, 0.6) is 5.75 Å². The van der Waals surface area contributed by atoms with Gasteiger partial charge in [0.05, 0.1) is 18.7 Å². The fourth-order valence-corrected chi connectivity index (χ4v) is 2.84. The molecule has 1 amide bonds. The molecule has 1 fully saturated rings. The minimum Gasteiger partial charge on any atom is -0.496 e. The monoisotopic (exact) mass is 321 g/mol. The molecule has 0 saturated carbocycles. The maximum atomic E-state index is 12.5. The Kier molecular flexibility index (Phi) is 5.98. The predicted molar refractivity (Wildman–Crippen MR) is 89.4 cm³/mol. The van der Waals surface area contributed by atoms with Gasteiger partial charge in [0.15, 0.2) is 0 Å². The molecule has 1 unspecified atom stereocenters. The van der Waals surface area contributed by atoms with Crippen LogP contribution in [0.3, 0.4) is 0 Å². The first-order valence-corrected chi connectivity index (χ1v) is 7.92. The van der Waals surface area contributed by atoms with E-state index in [0.29, 0.717) is 32.6 Å². The molecule has 128 valence electrons. The van der Waals surface area contributed by atoms with Gasteiger partial charge in [0.25, 0.3) is 0 Å². The molecule has 0 radical (unpaired) electrons. The average Bonchev–Trinajstić information content (AvgIpc) is 2.55. The van der Waals surface area contributed by atoms with Crippen molar-refractivity contribution in [2.45, 2.75) is 24.4 Å². The standard InChI is InChI=1S/C17H27N3O3/c1-20(2)14(13-6-4-5-7-15(13)22-3)12-19-16(21)17(18)8-10-23-11-9-17/h4-7,14H,8-12,18H2,1-3H3,(H,19,21). The number of ether oxygens (including phenoxy) is 2. The molecule has 1 saturated heterocycles. The van der Waals surface area contributed by atoms with Gasteiger partial charge in [0.2, 0.25) is 5.91 Å². The number of carbonyl (C=O) groups excluding carboxylic acids is 1. The summed E-state index contributed by atoms with van der Waals surface area (Å²) in [5.41, 5.74) is 6.45. The van der Waals surface area contributed by atoms with E-state index in [-0.39, 0.29) is 11.9 Å². The normalized spacial score (nSPS) is 18.5. The molecular weight excluding hydrogens is 294 g/mol. The van der Waals surface area contributed by atoms with Crippen LogP contribution in [0.15, 0.2) is 24.3 Å². The highest BCUT2D eigenvalue weighted by Crippen LogP contribution is 2.27. The van der Waals surface area contributed by atoms with Gasteiger partial charge < -0.3 is 25.4 Å². The number of para-hydroxylation sites is 1. The van der Waals surface area contributed by atoms with Gasteiger partial charge in [-0.3, -0.25) is 4.79 Å². The summed E-state index contributed by atoms with van der Waals surface area (Å²) in [6.45, 7) is 1.55. The molecular formula is C17H27N3O3. The highest BCUT2D eigenvalue weighted by molar-refractivity contribution is 5.86. The molecule has 6 heteroatoms. The topological polar surface area (TPSA) is 76.8 Å². The molecule has 23 heavy (non-hydrogen) atoms. The maximum absolute atomic E-state index is 12.5. The Morgan fingerprint density at radius 2 is 2.04 bits per heavy atom. The van der Waals surface area contributed by atoms with Crippen LogP contribution in [0.25, 0.3) is 0 Å². The van der Waals surface area contributed by atoms with Crippen LogP contribution in [0.4, 0.5) is 0 Å². The van der Waals surface area contributed by atoms with Crippen LogP contribution in [0, 0.1) is 0 Å². The van der Waals surface area contributed by atoms with Gasteiger partial charge in [0, 0.05) is 25.3 Å². The average molecular weight is 321 g/mol. The van der Waals surface area contributed by atoms with E-state index in [1.807, 2.05) is 38.4 Å². The summed E-state index contributed by atoms with van der Waals surface area (Å²) in [6, 6.07) is 7.86. The molecule has 0 bridgehead atoms. The van der Waals surface area contributed by atoms with Crippen LogP contribution < -0.4 is 15.8 Å². The van der Waals surface area contributed by atoms with Crippen LogP contribution >= 0.6 is 0 Å². The Morgan fingerprint density at radius 1 is 1.39 bits per heavy atom. The zero-order chi connectivity index (χ0) is 16.9. The first-order chi connectivity index (χ1) is 11.0. The summed E-state index contributed by atoms with van der Waals surface area (Å²) in [6.07, 6.45) is 1.11. The summed E-state index contributed by atoms with van der Waals surface area (Å²) >= 11 is 0. The van der Waals surface area contributed by atoms with Crippen molar-refractivity contribution in [3.05, 3.63) is 29.8 Å². The van der Waals surface area contributed by atoms with Crippen molar-refractivity contribution in [3.8, 4) is 5.75 Å². The van der Waals surface area contributed by atoms with Crippen molar-refractivity contribution >= 4 is 5.91 Å². The van der Waals surface area contributed by atoms with Crippen LogP contribution in [0.2, 0.25) is 0 Å². The number of benzene rings is 1. The van der Waals surface area contributed by atoms with Crippen molar-refractivity contribution in [1.82, 2.24) is 10.2 Å². The van der Waals surface area contributed by atoms with Crippen molar-refractivity contribution in [1.29, 1.82) is 0 Å². The van der Waals surface area contributed by atoms with E-state index >= 15 is 0 Å². The van der Waals surface area contributed by atoms with Crippen molar-refractivity contribution in [2.24, 2.45) is 5.73 Å². The lowest BCUT2D eigenvalue weighted by Gasteiger charge is -2.33. The third kappa shape index (κ3) is 4.22. The summed E-state index contributed by atoms with van der Waals surface area (Å²) in [4.78, 5) is 14.6. The number of likely N-dealkylation sites (N-methyl/N-ethyl adjacent to an activating group) is 1. The highest BCUT2D eigenvalue weighted by atomic mass is 16.5. The van der Waals surface area contributed by atoms with E-state index in [2.05, 4.69) is 10.2 Å². The van der Waals surface area contributed by atoms with E-state index in [4.69, 9.17) is 15.2 Å². The summed E-state index contributed by atoms with van der Waals surface area (Å²) in [7, 11) is 5.62. The van der Waals surface area contributed by atoms with Crippen molar-refractivity contribution in [3.63, 3.8) is 0 Å². The van der Waals surface area contributed by atoms with Gasteiger partial charge in [-0.2, -0.15) is 0 Å². The zero-order valence-electron chi connectivity index (χ0n) is 14.2. The number of hydrogen-bond acceptors (Lipinski definition) is 5. The lowest BCUT2D eigenvalue weighted by molar-refractivity contribution is -0.130. The molecule has 2 rings (SSSR count). The molecule has 0 aliphatic carbocycles. The molecule has 1 aromatic carbocycles. The molecule has 1 aliphatic rings. The Bertz CT molecular complexity index is 528. The van der Waals surface area contributed by atoms with Crippen LogP contribution in [-0.4, -0.2) is 57.3 Å². The first kappa shape index (κ1) is 17.7. The van der Waals surface area contributed by atoms with E-state index in [0.717, 1.165) is 11.3 Å². The molecule has 1 aliphatic heterocycles. The smallest absolute Gasteiger partial charge is 0.240 e. The van der Waals surface area contributed by atoms with Crippen molar-refractivity contribution < 1.29 is 14.3 Å². The van der Waals surface area contributed by atoms with Crippen molar-refractivity contribution in [2.75, 3.05) is 41.0 Å². The second-order valence-electron chi connectivity index (χ2n) is 6.20. The lowest BCUT2D eigenvalue weighted by Crippen LogP contribution is -2.57. The first-order valence-electron chi connectivity index (χ1n) is 7.92. The van der Waals surface area contributed by atoms with E-state index in [9.17, 15) is 4.79 Å². The second-order valence-corrected chi connectivity index (χ2v) is 6.20. The number of nitrogens with two attached hydrogens (primary N) is 1.